The second-order valence-corrected chi connectivity index (χ2v) is 5.99. The minimum Gasteiger partial charge on any atom is -0.309 e. The summed E-state index contributed by atoms with van der Waals surface area (Å²) in [7, 11) is 0. The van der Waals surface area contributed by atoms with Gasteiger partial charge in [0.2, 0.25) is 0 Å². The fourth-order valence-corrected chi connectivity index (χ4v) is 2.23. The number of benzene rings is 1. The summed E-state index contributed by atoms with van der Waals surface area (Å²) >= 11 is 1.89. The van der Waals surface area contributed by atoms with Gasteiger partial charge < -0.3 is 5.32 Å². The Kier molecular flexibility index (Phi) is 6.68. The summed E-state index contributed by atoms with van der Waals surface area (Å²) in [6.07, 6.45) is 3.32. The highest BCUT2D eigenvalue weighted by Gasteiger charge is 2.04. The molecule has 1 rings (SSSR count). The summed E-state index contributed by atoms with van der Waals surface area (Å²) in [4.78, 5) is 0. The molecule has 0 radical (unpaired) electrons. The van der Waals surface area contributed by atoms with Gasteiger partial charge in [0, 0.05) is 18.3 Å². The van der Waals surface area contributed by atoms with Crippen LogP contribution in [-0.4, -0.2) is 18.6 Å². The lowest BCUT2D eigenvalue weighted by Gasteiger charge is -2.14. The second kappa shape index (κ2) is 7.78. The Morgan fingerprint density at radius 1 is 1.12 bits per heavy atom. The fourth-order valence-electron chi connectivity index (χ4n) is 1.91. The van der Waals surface area contributed by atoms with E-state index in [1.165, 1.54) is 23.3 Å². The average molecular weight is 251 g/mol. The van der Waals surface area contributed by atoms with Crippen LogP contribution in [0.2, 0.25) is 0 Å². The van der Waals surface area contributed by atoms with Gasteiger partial charge in [-0.05, 0) is 36.6 Å². The molecule has 0 spiro atoms. The molecule has 0 aliphatic rings. The molecule has 0 fully saturated rings. The topological polar surface area (TPSA) is 12.0 Å². The number of hydrogen-bond acceptors (Lipinski definition) is 2. The van der Waals surface area contributed by atoms with Crippen LogP contribution < -0.4 is 5.32 Å². The fraction of sp³-hybridized carbons (Fsp3) is 0.600. The maximum Gasteiger partial charge on any atom is 0.0292 e. The van der Waals surface area contributed by atoms with E-state index in [9.17, 15) is 0 Å². The summed E-state index contributed by atoms with van der Waals surface area (Å²) in [6, 6.07) is 9.50. The third kappa shape index (κ3) is 5.60. The first-order valence-corrected chi connectivity index (χ1v) is 7.84. The normalized spacial score (nSPS) is 13.0. The zero-order valence-electron chi connectivity index (χ0n) is 11.5. The monoisotopic (exact) mass is 251 g/mol. The molecule has 0 bridgehead atoms. The lowest BCUT2D eigenvalue weighted by atomic mass is 10.00. The Bertz CT molecular complexity index is 305. The lowest BCUT2D eigenvalue weighted by Crippen LogP contribution is -2.21. The van der Waals surface area contributed by atoms with Crippen molar-refractivity contribution in [2.45, 2.75) is 33.2 Å². The summed E-state index contributed by atoms with van der Waals surface area (Å²) < 4.78 is 0. The molecular weight excluding hydrogens is 226 g/mol. The van der Waals surface area contributed by atoms with Crippen molar-refractivity contribution in [3.05, 3.63) is 35.4 Å². The van der Waals surface area contributed by atoms with Gasteiger partial charge in [-0.15, -0.1) is 0 Å². The molecule has 1 atom stereocenters. The standard InChI is InChI=1S/C15H25NS/c1-12(2)11-14-5-7-15(8-6-14)13(3)16-9-10-17-4/h5-8,12-13,16H,9-11H2,1-4H3. The molecule has 0 aliphatic heterocycles. The van der Waals surface area contributed by atoms with E-state index in [2.05, 4.69) is 56.6 Å². The van der Waals surface area contributed by atoms with Gasteiger partial charge in [-0.25, -0.2) is 0 Å². The minimum absolute atomic E-state index is 0.454. The Labute approximate surface area is 110 Å². The van der Waals surface area contributed by atoms with Crippen LogP contribution in [0.1, 0.15) is 37.9 Å². The third-order valence-corrected chi connectivity index (χ3v) is 3.49. The van der Waals surface area contributed by atoms with E-state index in [-0.39, 0.29) is 0 Å². The van der Waals surface area contributed by atoms with Gasteiger partial charge in [0.05, 0.1) is 0 Å². The van der Waals surface area contributed by atoms with E-state index in [0.717, 1.165) is 12.5 Å². The van der Waals surface area contributed by atoms with Gasteiger partial charge in [0.25, 0.3) is 0 Å². The van der Waals surface area contributed by atoms with Gasteiger partial charge in [-0.2, -0.15) is 11.8 Å². The smallest absolute Gasteiger partial charge is 0.0292 e. The van der Waals surface area contributed by atoms with Crippen LogP contribution in [0.15, 0.2) is 24.3 Å². The molecule has 2 heteroatoms. The molecule has 96 valence electrons. The van der Waals surface area contributed by atoms with E-state index in [1.807, 2.05) is 11.8 Å². The zero-order chi connectivity index (χ0) is 12.7. The third-order valence-electron chi connectivity index (χ3n) is 2.88. The number of rotatable bonds is 7. The molecule has 17 heavy (non-hydrogen) atoms. The molecule has 0 aliphatic carbocycles. The average Bonchev–Trinajstić information content (AvgIpc) is 2.29. The number of nitrogens with one attached hydrogen (secondary N) is 1. The predicted molar refractivity (Wildman–Crippen MR) is 79.8 cm³/mol. The lowest BCUT2D eigenvalue weighted by molar-refractivity contribution is 0.600. The van der Waals surface area contributed by atoms with Gasteiger partial charge in [0.15, 0.2) is 0 Å². The van der Waals surface area contributed by atoms with Gasteiger partial charge in [-0.3, -0.25) is 0 Å². The van der Waals surface area contributed by atoms with E-state index >= 15 is 0 Å². The van der Waals surface area contributed by atoms with E-state index in [1.54, 1.807) is 0 Å². The van der Waals surface area contributed by atoms with Crippen molar-refractivity contribution in [3.63, 3.8) is 0 Å². The minimum atomic E-state index is 0.454. The highest BCUT2D eigenvalue weighted by atomic mass is 32.2. The molecule has 0 saturated heterocycles. The van der Waals surface area contributed by atoms with Gasteiger partial charge in [0.1, 0.15) is 0 Å². The quantitative estimate of drug-likeness (QED) is 0.738. The van der Waals surface area contributed by atoms with E-state index < -0.39 is 0 Å². The van der Waals surface area contributed by atoms with Crippen molar-refractivity contribution in [3.8, 4) is 0 Å². The van der Waals surface area contributed by atoms with Crippen LogP contribution in [-0.2, 0) is 6.42 Å². The van der Waals surface area contributed by atoms with Gasteiger partial charge >= 0.3 is 0 Å². The van der Waals surface area contributed by atoms with E-state index in [0.29, 0.717) is 6.04 Å². The maximum atomic E-state index is 3.54. The molecular formula is C15H25NS. The van der Waals surface area contributed by atoms with E-state index in [4.69, 9.17) is 0 Å². The summed E-state index contributed by atoms with van der Waals surface area (Å²) in [5.41, 5.74) is 2.83. The molecule has 0 saturated carbocycles. The van der Waals surface area contributed by atoms with Crippen LogP contribution >= 0.6 is 11.8 Å². The molecule has 0 amide bonds. The van der Waals surface area contributed by atoms with Crippen molar-refractivity contribution >= 4 is 11.8 Å². The van der Waals surface area contributed by atoms with Crippen LogP contribution in [0, 0.1) is 5.92 Å². The van der Waals surface area contributed by atoms with Crippen LogP contribution in [0.4, 0.5) is 0 Å². The largest absolute Gasteiger partial charge is 0.309 e. The Morgan fingerprint density at radius 3 is 2.29 bits per heavy atom. The molecule has 1 nitrogen and oxygen atoms in total. The Morgan fingerprint density at radius 2 is 1.76 bits per heavy atom. The Balaban J connectivity index is 2.48. The predicted octanol–water partition coefficient (Wildman–Crippen LogP) is 3.90. The first-order valence-electron chi connectivity index (χ1n) is 6.44. The van der Waals surface area contributed by atoms with Crippen molar-refractivity contribution in [1.82, 2.24) is 5.32 Å². The Hall–Kier alpha value is -0.470. The molecule has 1 N–H and O–H groups in total. The SMILES string of the molecule is CSCCNC(C)c1ccc(CC(C)C)cc1. The first kappa shape index (κ1) is 14.6. The molecule has 1 aromatic rings. The van der Waals surface area contributed by atoms with Crippen LogP contribution in [0.5, 0.6) is 0 Å². The number of hydrogen-bond donors (Lipinski definition) is 1. The van der Waals surface area contributed by atoms with Crippen molar-refractivity contribution < 1.29 is 0 Å². The zero-order valence-corrected chi connectivity index (χ0v) is 12.3. The first-order chi connectivity index (χ1) is 8.13. The highest BCUT2D eigenvalue weighted by Crippen LogP contribution is 2.15. The summed E-state index contributed by atoms with van der Waals surface area (Å²) in [6.45, 7) is 7.84. The molecule has 0 heterocycles. The van der Waals surface area contributed by atoms with Crippen molar-refractivity contribution in [2.75, 3.05) is 18.6 Å². The van der Waals surface area contributed by atoms with Crippen molar-refractivity contribution in [1.29, 1.82) is 0 Å². The van der Waals surface area contributed by atoms with Crippen LogP contribution in [0.3, 0.4) is 0 Å². The number of thioether (sulfide) groups is 1. The van der Waals surface area contributed by atoms with Crippen molar-refractivity contribution in [2.24, 2.45) is 5.92 Å². The van der Waals surface area contributed by atoms with Gasteiger partial charge in [-0.1, -0.05) is 38.1 Å². The summed E-state index contributed by atoms with van der Waals surface area (Å²) in [5.74, 6) is 1.91. The summed E-state index contributed by atoms with van der Waals surface area (Å²) in [5, 5.41) is 3.54. The second-order valence-electron chi connectivity index (χ2n) is 5.01. The highest BCUT2D eigenvalue weighted by molar-refractivity contribution is 7.98. The maximum absolute atomic E-state index is 3.54. The molecule has 1 aromatic carbocycles. The molecule has 1 unspecified atom stereocenters. The van der Waals surface area contributed by atoms with Crippen LogP contribution in [0.25, 0.3) is 0 Å². The molecule has 0 aromatic heterocycles.